The van der Waals surface area contributed by atoms with E-state index in [0.29, 0.717) is 0 Å². The molecule has 33 heavy (non-hydrogen) atoms. The molecule has 0 unspecified atom stereocenters. The summed E-state index contributed by atoms with van der Waals surface area (Å²) in [6.07, 6.45) is -2.04. The second-order valence-electron chi connectivity index (χ2n) is 7.17. The number of nitrogens with zero attached hydrogens (tertiary/aromatic N) is 5. The second-order valence-corrected chi connectivity index (χ2v) is 7.17. The standard InChI is InChI=1S/C20H16F3N7O3/c1-10-12(20(21,22)23)6-11(7-24-10)13-4-3-5-14(26-13)27-15(31)8-30-9-25-17-16(30)18(32)28-19(33)29(17)2/h3-7,9H,8H2,1-2H3,(H,26,27,31)(H,28,32,33). The number of carbonyl (C=O) groups excluding carboxylic acids is 1. The summed E-state index contributed by atoms with van der Waals surface area (Å²) in [7, 11) is 1.43. The smallest absolute Gasteiger partial charge is 0.315 e. The van der Waals surface area contributed by atoms with Crippen molar-refractivity contribution in [2.24, 2.45) is 7.05 Å². The minimum Gasteiger partial charge on any atom is -0.315 e. The lowest BCUT2D eigenvalue weighted by molar-refractivity contribution is -0.138. The van der Waals surface area contributed by atoms with Crippen molar-refractivity contribution in [3.8, 4) is 11.3 Å². The van der Waals surface area contributed by atoms with E-state index in [1.54, 1.807) is 0 Å². The van der Waals surface area contributed by atoms with Crippen LogP contribution in [0.25, 0.3) is 22.4 Å². The number of halogens is 3. The molecular weight excluding hydrogens is 443 g/mol. The van der Waals surface area contributed by atoms with E-state index in [-0.39, 0.29) is 40.5 Å². The fourth-order valence-corrected chi connectivity index (χ4v) is 3.27. The molecule has 13 heteroatoms. The maximum Gasteiger partial charge on any atom is 0.418 e. The fraction of sp³-hybridized carbons (Fsp3) is 0.200. The molecule has 170 valence electrons. The number of pyridine rings is 2. The largest absolute Gasteiger partial charge is 0.418 e. The van der Waals surface area contributed by atoms with Crippen molar-refractivity contribution >= 4 is 22.9 Å². The summed E-state index contributed by atoms with van der Waals surface area (Å²) in [4.78, 5) is 50.5. The van der Waals surface area contributed by atoms with Crippen LogP contribution in [-0.4, -0.2) is 35.0 Å². The van der Waals surface area contributed by atoms with E-state index in [1.807, 2.05) is 0 Å². The zero-order chi connectivity index (χ0) is 23.9. The Balaban J connectivity index is 1.58. The first-order valence-electron chi connectivity index (χ1n) is 9.50. The molecule has 0 fully saturated rings. The molecule has 0 aliphatic carbocycles. The van der Waals surface area contributed by atoms with Gasteiger partial charge in [0.25, 0.3) is 5.56 Å². The number of alkyl halides is 3. The zero-order valence-corrected chi connectivity index (χ0v) is 17.3. The number of H-pyrrole nitrogens is 1. The van der Waals surface area contributed by atoms with Gasteiger partial charge in [0.1, 0.15) is 12.4 Å². The van der Waals surface area contributed by atoms with Gasteiger partial charge in [0.05, 0.1) is 17.6 Å². The number of amides is 1. The molecule has 4 aromatic rings. The lowest BCUT2D eigenvalue weighted by Crippen LogP contribution is -2.30. The van der Waals surface area contributed by atoms with E-state index < -0.39 is 28.9 Å². The van der Waals surface area contributed by atoms with Gasteiger partial charge in [-0.3, -0.25) is 24.1 Å². The van der Waals surface area contributed by atoms with Gasteiger partial charge in [-0.25, -0.2) is 14.8 Å². The van der Waals surface area contributed by atoms with Crippen molar-refractivity contribution in [2.75, 3.05) is 5.32 Å². The molecule has 0 saturated carbocycles. The van der Waals surface area contributed by atoms with Crippen molar-refractivity contribution in [3.63, 3.8) is 0 Å². The van der Waals surface area contributed by atoms with Gasteiger partial charge in [-0.2, -0.15) is 13.2 Å². The molecule has 4 heterocycles. The SMILES string of the molecule is Cc1ncc(-c2cccc(NC(=O)Cn3cnc4c3c(=O)[nH]c(=O)n4C)n2)cc1C(F)(F)F. The third-order valence-corrected chi connectivity index (χ3v) is 4.89. The first-order valence-corrected chi connectivity index (χ1v) is 9.50. The highest BCUT2D eigenvalue weighted by Gasteiger charge is 2.33. The van der Waals surface area contributed by atoms with Crippen LogP contribution in [0.2, 0.25) is 0 Å². The Labute approximate surface area is 182 Å². The molecule has 0 radical (unpaired) electrons. The Morgan fingerprint density at radius 1 is 1.21 bits per heavy atom. The Morgan fingerprint density at radius 3 is 2.70 bits per heavy atom. The van der Waals surface area contributed by atoms with Gasteiger partial charge in [-0.05, 0) is 25.1 Å². The zero-order valence-electron chi connectivity index (χ0n) is 17.3. The molecule has 0 aliphatic rings. The third kappa shape index (κ3) is 4.24. The topological polar surface area (TPSA) is 128 Å². The molecule has 0 bridgehead atoms. The number of carbonyl (C=O) groups is 1. The van der Waals surface area contributed by atoms with Crippen LogP contribution in [0.15, 0.2) is 46.4 Å². The van der Waals surface area contributed by atoms with E-state index in [0.717, 1.165) is 10.6 Å². The molecule has 10 nitrogen and oxygen atoms in total. The third-order valence-electron chi connectivity index (χ3n) is 4.89. The van der Waals surface area contributed by atoms with Gasteiger partial charge in [-0.15, -0.1) is 0 Å². The van der Waals surface area contributed by atoms with Crippen LogP contribution in [-0.2, 0) is 24.6 Å². The molecule has 0 spiro atoms. The van der Waals surface area contributed by atoms with Gasteiger partial charge in [0.15, 0.2) is 11.2 Å². The molecule has 0 aliphatic heterocycles. The fourth-order valence-electron chi connectivity index (χ4n) is 3.27. The number of hydrogen-bond donors (Lipinski definition) is 2. The second kappa shape index (κ2) is 8.00. The molecular formula is C20H16F3N7O3. The maximum atomic E-state index is 13.2. The maximum absolute atomic E-state index is 13.2. The molecule has 0 atom stereocenters. The van der Waals surface area contributed by atoms with Crippen LogP contribution < -0.4 is 16.6 Å². The monoisotopic (exact) mass is 459 g/mol. The number of aromatic amines is 1. The first kappa shape index (κ1) is 21.9. The molecule has 4 rings (SSSR count). The summed E-state index contributed by atoms with van der Waals surface area (Å²) in [6, 6.07) is 5.43. The van der Waals surface area contributed by atoms with Crippen LogP contribution >= 0.6 is 0 Å². The lowest BCUT2D eigenvalue weighted by atomic mass is 10.1. The lowest BCUT2D eigenvalue weighted by Gasteiger charge is -2.12. The van der Waals surface area contributed by atoms with Crippen molar-refractivity contribution < 1.29 is 18.0 Å². The van der Waals surface area contributed by atoms with Crippen LogP contribution in [0.4, 0.5) is 19.0 Å². The number of hydrogen-bond acceptors (Lipinski definition) is 6. The Morgan fingerprint density at radius 2 is 1.97 bits per heavy atom. The van der Waals surface area contributed by atoms with E-state index in [2.05, 4.69) is 25.3 Å². The average molecular weight is 459 g/mol. The highest BCUT2D eigenvalue weighted by molar-refractivity contribution is 5.90. The highest BCUT2D eigenvalue weighted by Crippen LogP contribution is 2.33. The summed E-state index contributed by atoms with van der Waals surface area (Å²) in [5.74, 6) is -0.470. The summed E-state index contributed by atoms with van der Waals surface area (Å²) in [6.45, 7) is 0.952. The van der Waals surface area contributed by atoms with Gasteiger partial charge in [0.2, 0.25) is 5.91 Å². The summed E-state index contributed by atoms with van der Waals surface area (Å²) >= 11 is 0. The number of fused-ring (bicyclic) bond motifs is 1. The van der Waals surface area contributed by atoms with Gasteiger partial charge in [-0.1, -0.05) is 6.07 Å². The average Bonchev–Trinajstić information content (AvgIpc) is 3.16. The van der Waals surface area contributed by atoms with E-state index in [4.69, 9.17) is 0 Å². The molecule has 2 N–H and O–H groups in total. The predicted molar refractivity (Wildman–Crippen MR) is 111 cm³/mol. The van der Waals surface area contributed by atoms with Gasteiger partial charge >= 0.3 is 11.9 Å². The Hall–Kier alpha value is -4.29. The van der Waals surface area contributed by atoms with Crippen LogP contribution in [0.5, 0.6) is 0 Å². The van der Waals surface area contributed by atoms with E-state index in [1.165, 1.54) is 49.3 Å². The first-order chi connectivity index (χ1) is 15.5. The summed E-state index contributed by atoms with van der Waals surface area (Å²) in [5, 5.41) is 2.53. The van der Waals surface area contributed by atoms with Crippen molar-refractivity contribution in [3.05, 3.63) is 68.9 Å². The van der Waals surface area contributed by atoms with Crippen LogP contribution in [0, 0.1) is 6.92 Å². The number of nitrogens with one attached hydrogen (secondary N) is 2. The normalized spacial score (nSPS) is 11.7. The van der Waals surface area contributed by atoms with Gasteiger partial charge in [0, 0.05) is 24.5 Å². The number of aryl methyl sites for hydroxylation is 2. The quantitative estimate of drug-likeness (QED) is 0.480. The predicted octanol–water partition coefficient (Wildman–Crippen LogP) is 1.85. The summed E-state index contributed by atoms with van der Waals surface area (Å²) < 4.78 is 42.0. The van der Waals surface area contributed by atoms with Crippen molar-refractivity contribution in [1.82, 2.24) is 29.1 Å². The van der Waals surface area contributed by atoms with E-state index >= 15 is 0 Å². The molecule has 4 aromatic heterocycles. The number of anilines is 1. The van der Waals surface area contributed by atoms with Crippen molar-refractivity contribution in [2.45, 2.75) is 19.6 Å². The van der Waals surface area contributed by atoms with Crippen molar-refractivity contribution in [1.29, 1.82) is 0 Å². The minimum absolute atomic E-state index is 0.0411. The Kier molecular flexibility index (Phi) is 5.31. The molecule has 0 saturated heterocycles. The summed E-state index contributed by atoms with van der Waals surface area (Å²) in [5.41, 5.74) is -1.88. The van der Waals surface area contributed by atoms with Crippen LogP contribution in [0.3, 0.4) is 0 Å². The van der Waals surface area contributed by atoms with Crippen LogP contribution in [0.1, 0.15) is 11.3 Å². The van der Waals surface area contributed by atoms with Gasteiger partial charge < -0.3 is 9.88 Å². The highest BCUT2D eigenvalue weighted by atomic mass is 19.4. The number of aromatic nitrogens is 6. The number of rotatable bonds is 4. The Bertz CT molecular complexity index is 1500. The minimum atomic E-state index is -4.56. The molecule has 1 amide bonds. The molecule has 0 aromatic carbocycles. The number of imidazole rings is 1. The van der Waals surface area contributed by atoms with E-state index in [9.17, 15) is 27.6 Å².